The molecule has 0 aromatic carbocycles. The van der Waals surface area contributed by atoms with Crippen molar-refractivity contribution >= 4 is 15.9 Å². The standard InChI is InChI=1S/C9H16BrN/c10-9-4-2-1-3-8(9)7-11-6-5-9/h8,11H,1-7H2/t8-,9+/m0/s1. The van der Waals surface area contributed by atoms with Crippen molar-refractivity contribution in [2.45, 2.75) is 36.4 Å². The Morgan fingerprint density at radius 2 is 2.18 bits per heavy atom. The van der Waals surface area contributed by atoms with E-state index in [2.05, 4.69) is 21.2 Å². The predicted octanol–water partition coefficient (Wildman–Crippen LogP) is 2.30. The van der Waals surface area contributed by atoms with E-state index in [-0.39, 0.29) is 0 Å². The smallest absolute Gasteiger partial charge is 0.0310 e. The third-order valence-electron chi connectivity index (χ3n) is 3.23. The normalized spacial score (nSPS) is 45.0. The topological polar surface area (TPSA) is 12.0 Å². The van der Waals surface area contributed by atoms with Crippen molar-refractivity contribution in [3.8, 4) is 0 Å². The van der Waals surface area contributed by atoms with E-state index in [9.17, 15) is 0 Å². The summed E-state index contributed by atoms with van der Waals surface area (Å²) in [5.74, 6) is 0.907. The first-order chi connectivity index (χ1) is 5.31. The molecule has 1 heterocycles. The molecule has 64 valence electrons. The van der Waals surface area contributed by atoms with Gasteiger partial charge in [0.2, 0.25) is 0 Å². The fourth-order valence-corrected chi connectivity index (χ4v) is 3.33. The average Bonchev–Trinajstić information content (AvgIpc) is 2.03. The molecule has 2 aliphatic rings. The highest BCUT2D eigenvalue weighted by Crippen LogP contribution is 2.44. The summed E-state index contributed by atoms with van der Waals surface area (Å²) in [4.78, 5) is 0. The molecule has 0 aromatic heterocycles. The minimum atomic E-state index is 0.524. The Labute approximate surface area is 77.1 Å². The molecule has 0 amide bonds. The Balaban J connectivity index is 2.06. The van der Waals surface area contributed by atoms with Crippen LogP contribution in [-0.2, 0) is 0 Å². The minimum Gasteiger partial charge on any atom is -0.316 e. The molecule has 0 radical (unpaired) electrons. The van der Waals surface area contributed by atoms with Gasteiger partial charge in [0.15, 0.2) is 0 Å². The third-order valence-corrected chi connectivity index (χ3v) is 4.68. The van der Waals surface area contributed by atoms with Gasteiger partial charge < -0.3 is 5.32 Å². The molecule has 1 aliphatic carbocycles. The van der Waals surface area contributed by atoms with Gasteiger partial charge in [-0.25, -0.2) is 0 Å². The first kappa shape index (κ1) is 8.06. The Hall–Kier alpha value is 0.440. The third kappa shape index (κ3) is 1.48. The number of piperidine rings is 1. The van der Waals surface area contributed by atoms with Crippen molar-refractivity contribution in [3.63, 3.8) is 0 Å². The van der Waals surface area contributed by atoms with Gasteiger partial charge in [-0.3, -0.25) is 0 Å². The maximum atomic E-state index is 3.93. The van der Waals surface area contributed by atoms with Gasteiger partial charge >= 0.3 is 0 Å². The van der Waals surface area contributed by atoms with Gasteiger partial charge in [0.05, 0.1) is 0 Å². The van der Waals surface area contributed by atoms with Gasteiger partial charge in [-0.15, -0.1) is 0 Å². The van der Waals surface area contributed by atoms with Crippen LogP contribution < -0.4 is 5.32 Å². The Morgan fingerprint density at radius 3 is 3.00 bits per heavy atom. The molecule has 1 N–H and O–H groups in total. The monoisotopic (exact) mass is 217 g/mol. The number of hydrogen-bond donors (Lipinski definition) is 1. The van der Waals surface area contributed by atoms with Crippen LogP contribution in [0.1, 0.15) is 32.1 Å². The summed E-state index contributed by atoms with van der Waals surface area (Å²) in [6.45, 7) is 2.45. The highest BCUT2D eigenvalue weighted by molar-refractivity contribution is 9.10. The van der Waals surface area contributed by atoms with Crippen LogP contribution in [0, 0.1) is 5.92 Å². The van der Waals surface area contributed by atoms with E-state index in [0.717, 1.165) is 5.92 Å². The summed E-state index contributed by atoms with van der Waals surface area (Å²) in [5, 5.41) is 3.48. The highest BCUT2D eigenvalue weighted by atomic mass is 79.9. The molecule has 0 bridgehead atoms. The van der Waals surface area contributed by atoms with Gasteiger partial charge in [0.25, 0.3) is 0 Å². The number of hydrogen-bond acceptors (Lipinski definition) is 1. The lowest BCUT2D eigenvalue weighted by Gasteiger charge is -2.43. The fraction of sp³-hybridized carbons (Fsp3) is 1.00. The molecule has 1 saturated carbocycles. The second kappa shape index (κ2) is 3.06. The maximum Gasteiger partial charge on any atom is 0.0310 e. The molecular weight excluding hydrogens is 202 g/mol. The quantitative estimate of drug-likeness (QED) is 0.615. The first-order valence-corrected chi connectivity index (χ1v) is 5.50. The molecular formula is C9H16BrN. The molecule has 2 rings (SSSR count). The van der Waals surface area contributed by atoms with Gasteiger partial charge in [-0.05, 0) is 38.3 Å². The van der Waals surface area contributed by atoms with Gasteiger partial charge in [0, 0.05) is 4.32 Å². The van der Waals surface area contributed by atoms with Crippen molar-refractivity contribution in [1.82, 2.24) is 5.32 Å². The molecule has 11 heavy (non-hydrogen) atoms. The van der Waals surface area contributed by atoms with Crippen molar-refractivity contribution in [1.29, 1.82) is 0 Å². The van der Waals surface area contributed by atoms with Gasteiger partial charge in [0.1, 0.15) is 0 Å². The zero-order valence-electron chi connectivity index (χ0n) is 6.91. The molecule has 2 heteroatoms. The molecule has 2 atom stereocenters. The van der Waals surface area contributed by atoms with Crippen LogP contribution >= 0.6 is 15.9 Å². The van der Waals surface area contributed by atoms with Crippen LogP contribution in [-0.4, -0.2) is 17.4 Å². The Bertz CT molecular complexity index is 134. The van der Waals surface area contributed by atoms with Crippen LogP contribution in [0.2, 0.25) is 0 Å². The minimum absolute atomic E-state index is 0.524. The van der Waals surface area contributed by atoms with Crippen LogP contribution in [0.3, 0.4) is 0 Å². The summed E-state index contributed by atoms with van der Waals surface area (Å²) in [5.41, 5.74) is 0. The van der Waals surface area contributed by atoms with Crippen molar-refractivity contribution < 1.29 is 0 Å². The molecule has 0 aromatic rings. The number of rotatable bonds is 0. The largest absolute Gasteiger partial charge is 0.316 e. The summed E-state index contributed by atoms with van der Waals surface area (Å²) in [6.07, 6.45) is 7.04. The lowest BCUT2D eigenvalue weighted by Crippen LogP contribution is -2.47. The SMILES string of the molecule is Br[C@@]12CCCC[C@H]1CNCC2. The number of alkyl halides is 1. The van der Waals surface area contributed by atoms with E-state index in [1.807, 2.05) is 0 Å². The van der Waals surface area contributed by atoms with Crippen LogP contribution in [0.4, 0.5) is 0 Å². The van der Waals surface area contributed by atoms with Crippen molar-refractivity contribution in [3.05, 3.63) is 0 Å². The lowest BCUT2D eigenvalue weighted by molar-refractivity contribution is 0.224. The predicted molar refractivity (Wildman–Crippen MR) is 51.1 cm³/mol. The van der Waals surface area contributed by atoms with Crippen LogP contribution in [0.15, 0.2) is 0 Å². The van der Waals surface area contributed by atoms with E-state index >= 15 is 0 Å². The lowest BCUT2D eigenvalue weighted by atomic mass is 9.75. The maximum absolute atomic E-state index is 3.93. The van der Waals surface area contributed by atoms with Crippen molar-refractivity contribution in [2.75, 3.05) is 13.1 Å². The number of nitrogens with one attached hydrogen (secondary N) is 1. The summed E-state index contributed by atoms with van der Waals surface area (Å²) >= 11 is 3.93. The highest BCUT2D eigenvalue weighted by Gasteiger charge is 2.39. The number of fused-ring (bicyclic) bond motifs is 1. The van der Waals surface area contributed by atoms with E-state index < -0.39 is 0 Å². The van der Waals surface area contributed by atoms with E-state index in [1.54, 1.807) is 0 Å². The Kier molecular flexibility index (Phi) is 2.24. The second-order valence-corrected chi connectivity index (χ2v) is 5.51. The van der Waals surface area contributed by atoms with Gasteiger partial charge in [-0.2, -0.15) is 0 Å². The van der Waals surface area contributed by atoms with Gasteiger partial charge in [-0.1, -0.05) is 28.8 Å². The van der Waals surface area contributed by atoms with E-state index in [4.69, 9.17) is 0 Å². The van der Waals surface area contributed by atoms with Crippen LogP contribution in [0.25, 0.3) is 0 Å². The fourth-order valence-electron chi connectivity index (χ4n) is 2.46. The van der Waals surface area contributed by atoms with Crippen molar-refractivity contribution in [2.24, 2.45) is 5.92 Å². The number of halogens is 1. The summed E-state index contributed by atoms with van der Waals surface area (Å²) in [7, 11) is 0. The zero-order valence-corrected chi connectivity index (χ0v) is 8.49. The molecule has 1 nitrogen and oxygen atoms in total. The molecule has 0 unspecified atom stereocenters. The Morgan fingerprint density at radius 1 is 1.27 bits per heavy atom. The molecule has 1 aliphatic heterocycles. The molecule has 2 fully saturated rings. The summed E-state index contributed by atoms with van der Waals surface area (Å²) < 4.78 is 0.524. The van der Waals surface area contributed by atoms with E-state index in [0.29, 0.717) is 4.32 Å². The van der Waals surface area contributed by atoms with Crippen LogP contribution in [0.5, 0.6) is 0 Å². The van der Waals surface area contributed by atoms with E-state index in [1.165, 1.54) is 45.2 Å². The molecule has 1 saturated heterocycles. The average molecular weight is 218 g/mol. The zero-order chi connectivity index (χ0) is 7.73. The summed E-state index contributed by atoms with van der Waals surface area (Å²) in [6, 6.07) is 0. The first-order valence-electron chi connectivity index (χ1n) is 4.71. The molecule has 0 spiro atoms. The second-order valence-electron chi connectivity index (χ2n) is 3.93.